The third kappa shape index (κ3) is 13.3. The molecule has 32 heavy (non-hydrogen) atoms. The zero-order valence-electron chi connectivity index (χ0n) is 19.7. The van der Waals surface area contributed by atoms with Crippen molar-refractivity contribution in [1.82, 2.24) is 4.98 Å². The monoisotopic (exact) mass is 471 g/mol. The Kier molecular flexibility index (Phi) is 16.2. The number of carbonyl (C=O) groups is 3. The van der Waals surface area contributed by atoms with Crippen LogP contribution in [0.15, 0.2) is 24.5 Å². The molecule has 182 valence electrons. The number of halogens is 1. The summed E-state index contributed by atoms with van der Waals surface area (Å²) in [5.74, 6) is -1.22. The van der Waals surface area contributed by atoms with Crippen LogP contribution < -0.4 is 4.74 Å². The van der Waals surface area contributed by atoms with Gasteiger partial charge in [-0.2, -0.15) is 0 Å². The average Bonchev–Trinajstić information content (AvgIpc) is 2.73. The number of hydrogen-bond donors (Lipinski definition) is 0. The maximum Gasteiger partial charge on any atom is 0.314 e. The molecule has 0 saturated heterocycles. The van der Waals surface area contributed by atoms with E-state index in [1.807, 2.05) is 0 Å². The first-order valence-electron chi connectivity index (χ1n) is 11.2. The topological polar surface area (TPSA) is 91.8 Å². The van der Waals surface area contributed by atoms with Crippen molar-refractivity contribution in [1.29, 1.82) is 0 Å². The van der Waals surface area contributed by atoms with Gasteiger partial charge in [0.15, 0.2) is 0 Å². The van der Waals surface area contributed by atoms with Crippen molar-refractivity contribution in [3.8, 4) is 5.75 Å². The van der Waals surface area contributed by atoms with Crippen molar-refractivity contribution < 1.29 is 28.6 Å². The van der Waals surface area contributed by atoms with Crippen molar-refractivity contribution in [2.45, 2.75) is 72.6 Å². The molecule has 0 aliphatic heterocycles. The minimum atomic E-state index is -0.416. The quantitative estimate of drug-likeness (QED) is 0.258. The van der Waals surface area contributed by atoms with Crippen LogP contribution >= 0.6 is 12.4 Å². The number of hydrogen-bond acceptors (Lipinski definition) is 7. The summed E-state index contributed by atoms with van der Waals surface area (Å²) in [6.07, 6.45) is 10.0. The second-order valence-electron chi connectivity index (χ2n) is 8.07. The van der Waals surface area contributed by atoms with Gasteiger partial charge < -0.3 is 14.2 Å². The highest BCUT2D eigenvalue weighted by atomic mass is 35.5. The van der Waals surface area contributed by atoms with Gasteiger partial charge >= 0.3 is 17.9 Å². The van der Waals surface area contributed by atoms with Crippen LogP contribution in [0.2, 0.25) is 0 Å². The molecule has 0 fully saturated rings. The minimum absolute atomic E-state index is 0. The maximum absolute atomic E-state index is 12.6. The first kappa shape index (κ1) is 29.9. The van der Waals surface area contributed by atoms with E-state index < -0.39 is 5.92 Å². The Balaban J connectivity index is 0.00000961. The molecule has 3 atom stereocenters. The lowest BCUT2D eigenvalue weighted by atomic mass is 9.82. The number of aromatic nitrogens is 1. The highest BCUT2D eigenvalue weighted by Gasteiger charge is 2.29. The predicted octanol–water partition coefficient (Wildman–Crippen LogP) is 5.15. The summed E-state index contributed by atoms with van der Waals surface area (Å²) < 4.78 is 16.0. The molecule has 1 aromatic heterocycles. The van der Waals surface area contributed by atoms with Gasteiger partial charge in [-0.15, -0.1) is 12.4 Å². The molecule has 0 bridgehead atoms. The Morgan fingerprint density at radius 3 is 2.16 bits per heavy atom. The average molecular weight is 472 g/mol. The molecule has 0 spiro atoms. The zero-order valence-corrected chi connectivity index (χ0v) is 20.5. The van der Waals surface area contributed by atoms with Gasteiger partial charge in [-0.05, 0) is 36.8 Å². The van der Waals surface area contributed by atoms with Crippen molar-refractivity contribution >= 4 is 30.3 Å². The molecule has 0 aliphatic rings. The fourth-order valence-corrected chi connectivity index (χ4v) is 3.49. The van der Waals surface area contributed by atoms with Crippen molar-refractivity contribution in [2.24, 2.45) is 17.8 Å². The van der Waals surface area contributed by atoms with E-state index in [4.69, 9.17) is 14.2 Å². The van der Waals surface area contributed by atoms with Gasteiger partial charge in [0.1, 0.15) is 5.75 Å². The molecule has 8 heteroatoms. The molecule has 1 heterocycles. The number of unbranched alkanes of at least 4 members (excludes halogenated alkanes) is 4. The molecule has 0 amide bonds. The van der Waals surface area contributed by atoms with Crippen LogP contribution in [0.5, 0.6) is 5.75 Å². The summed E-state index contributed by atoms with van der Waals surface area (Å²) in [6.45, 7) is 7.14. The van der Waals surface area contributed by atoms with E-state index in [2.05, 4.69) is 11.9 Å². The Labute approximate surface area is 198 Å². The third-order valence-corrected chi connectivity index (χ3v) is 5.26. The van der Waals surface area contributed by atoms with Crippen LogP contribution in [0.3, 0.4) is 0 Å². The molecule has 0 aromatic carbocycles. The number of nitrogens with zero attached hydrogens (tertiary/aromatic N) is 1. The Bertz CT molecular complexity index is 670. The van der Waals surface area contributed by atoms with Crippen molar-refractivity contribution in [2.75, 3.05) is 13.2 Å². The van der Waals surface area contributed by atoms with E-state index in [9.17, 15) is 14.4 Å². The van der Waals surface area contributed by atoms with E-state index >= 15 is 0 Å². The van der Waals surface area contributed by atoms with Gasteiger partial charge in [0.2, 0.25) is 0 Å². The van der Waals surface area contributed by atoms with Crippen molar-refractivity contribution in [3.05, 3.63) is 24.5 Å². The van der Waals surface area contributed by atoms with Gasteiger partial charge in [0, 0.05) is 20.0 Å². The van der Waals surface area contributed by atoms with Gasteiger partial charge in [-0.3, -0.25) is 19.4 Å². The molecular formula is C24H38ClNO6. The van der Waals surface area contributed by atoms with Gasteiger partial charge in [0.25, 0.3) is 0 Å². The smallest absolute Gasteiger partial charge is 0.314 e. The largest absolute Gasteiger partial charge is 0.466 e. The summed E-state index contributed by atoms with van der Waals surface area (Å²) in [7, 11) is 0. The van der Waals surface area contributed by atoms with E-state index in [1.54, 1.807) is 25.3 Å². The summed E-state index contributed by atoms with van der Waals surface area (Å²) >= 11 is 0. The molecule has 1 rings (SSSR count). The first-order chi connectivity index (χ1) is 14.8. The number of ether oxygens (including phenoxy) is 3. The number of carbonyl (C=O) groups excluding carboxylic acids is 3. The molecule has 0 N–H and O–H groups in total. The van der Waals surface area contributed by atoms with E-state index in [1.165, 1.54) is 39.3 Å². The van der Waals surface area contributed by atoms with Crippen LogP contribution in [0.4, 0.5) is 0 Å². The van der Waals surface area contributed by atoms with Gasteiger partial charge in [0.05, 0.1) is 25.3 Å². The SMILES string of the molecule is CCCCCCCC(COC(C)=O)C(COC(C)=O)CC(C)C(=O)Oc1cccnc1.Cl. The standard InChI is InChI=1S/C24H37NO6.ClH/c1-5-6-7-8-9-11-21(16-29-19(3)26)22(17-30-20(4)27)14-18(2)24(28)31-23-12-10-13-25-15-23;/h10,12-13,15,18,21-22H,5-9,11,14,16-17H2,1-4H3;1H. The highest BCUT2D eigenvalue weighted by Crippen LogP contribution is 2.28. The molecule has 3 unspecified atom stereocenters. The van der Waals surface area contributed by atoms with E-state index in [0.29, 0.717) is 12.2 Å². The number of pyridine rings is 1. The Morgan fingerprint density at radius 1 is 0.969 bits per heavy atom. The second-order valence-corrected chi connectivity index (χ2v) is 8.07. The van der Waals surface area contributed by atoms with Gasteiger partial charge in [-0.1, -0.05) is 46.0 Å². The fourth-order valence-electron chi connectivity index (χ4n) is 3.49. The number of esters is 3. The normalized spacial score (nSPS) is 13.2. The first-order valence-corrected chi connectivity index (χ1v) is 11.2. The van der Waals surface area contributed by atoms with Crippen LogP contribution in [0.1, 0.15) is 72.6 Å². The summed E-state index contributed by atoms with van der Waals surface area (Å²) in [4.78, 5) is 39.3. The lowest BCUT2D eigenvalue weighted by Gasteiger charge is -2.28. The predicted molar refractivity (Wildman–Crippen MR) is 125 cm³/mol. The zero-order chi connectivity index (χ0) is 23.1. The van der Waals surface area contributed by atoms with E-state index in [-0.39, 0.29) is 55.4 Å². The number of rotatable bonds is 15. The third-order valence-electron chi connectivity index (χ3n) is 5.26. The maximum atomic E-state index is 12.6. The minimum Gasteiger partial charge on any atom is -0.466 e. The van der Waals surface area contributed by atoms with Gasteiger partial charge in [-0.25, -0.2) is 0 Å². The van der Waals surface area contributed by atoms with Crippen LogP contribution in [0, 0.1) is 17.8 Å². The molecule has 1 aromatic rings. The fraction of sp³-hybridized carbons (Fsp3) is 0.667. The molecule has 7 nitrogen and oxygen atoms in total. The summed E-state index contributed by atoms with van der Waals surface area (Å²) in [6, 6.07) is 3.37. The van der Waals surface area contributed by atoms with Crippen LogP contribution in [-0.2, 0) is 23.9 Å². The summed E-state index contributed by atoms with van der Waals surface area (Å²) in [5.41, 5.74) is 0. The lowest BCUT2D eigenvalue weighted by molar-refractivity contribution is -0.148. The molecule has 0 aliphatic carbocycles. The van der Waals surface area contributed by atoms with E-state index in [0.717, 1.165) is 19.3 Å². The molecule has 0 saturated carbocycles. The molecular weight excluding hydrogens is 434 g/mol. The van der Waals surface area contributed by atoms with Crippen molar-refractivity contribution in [3.63, 3.8) is 0 Å². The summed E-state index contributed by atoms with van der Waals surface area (Å²) in [5, 5.41) is 0. The molecule has 0 radical (unpaired) electrons. The lowest BCUT2D eigenvalue weighted by Crippen LogP contribution is -2.30. The highest BCUT2D eigenvalue weighted by molar-refractivity contribution is 5.85. The second kappa shape index (κ2) is 17.4. The Hall–Kier alpha value is -2.15. The Morgan fingerprint density at radius 2 is 1.59 bits per heavy atom. The van der Waals surface area contributed by atoms with Crippen LogP contribution in [-0.4, -0.2) is 36.1 Å². The van der Waals surface area contributed by atoms with Crippen LogP contribution in [0.25, 0.3) is 0 Å².